The van der Waals surface area contributed by atoms with Crippen molar-refractivity contribution in [1.82, 2.24) is 20.3 Å². The van der Waals surface area contributed by atoms with Gasteiger partial charge in [-0.05, 0) is 65.6 Å². The number of nitrogens with zero attached hydrogens (tertiary/aromatic N) is 2. The van der Waals surface area contributed by atoms with Gasteiger partial charge in [-0.25, -0.2) is 0 Å². The Balaban J connectivity index is 1.52. The predicted octanol–water partition coefficient (Wildman–Crippen LogP) is 2.85. The van der Waals surface area contributed by atoms with Crippen molar-refractivity contribution in [2.24, 2.45) is 7.05 Å². The average Bonchev–Trinajstić information content (AvgIpc) is 2.99. The zero-order valence-electron chi connectivity index (χ0n) is 14.8. The molecule has 1 aromatic heterocycles. The van der Waals surface area contributed by atoms with E-state index in [1.54, 1.807) is 36.0 Å². The van der Waals surface area contributed by atoms with Crippen LogP contribution in [-0.4, -0.2) is 34.4 Å². The Morgan fingerprint density at radius 2 is 1.69 bits per heavy atom. The number of piperidine rings is 1. The smallest absolute Gasteiger partial charge is 0.286 e. The summed E-state index contributed by atoms with van der Waals surface area (Å²) in [5.41, 5.74) is 7.06. The highest BCUT2D eigenvalue weighted by Crippen LogP contribution is 2.14. The minimum absolute atomic E-state index is 0.337. The Labute approximate surface area is 161 Å². The van der Waals surface area contributed by atoms with Crippen LogP contribution in [0.3, 0.4) is 0 Å². The maximum atomic E-state index is 12.2. The fourth-order valence-electron chi connectivity index (χ4n) is 3.14. The number of carbonyl (C=O) groups excluding carboxylic acids is 2. The highest BCUT2D eigenvalue weighted by molar-refractivity contribution is 9.10. The second-order valence-corrected chi connectivity index (χ2v) is 7.51. The van der Waals surface area contributed by atoms with E-state index < -0.39 is 0 Å². The van der Waals surface area contributed by atoms with E-state index in [1.807, 2.05) is 12.1 Å². The molecule has 1 aliphatic heterocycles. The van der Waals surface area contributed by atoms with Crippen molar-refractivity contribution in [3.05, 3.63) is 57.8 Å². The standard InChI is InChI=1S/C19H23BrN4O2/c1-23-13-16(20)11-17(23)19(26)22-21-18(25)15-7-5-14(6-8-15)12-24-9-3-2-4-10-24/h5-8,11,13H,2-4,9-10,12H2,1H3,(H,21,25)(H,22,26). The number of hydrogen-bond donors (Lipinski definition) is 2. The number of aryl methyl sites for hydroxylation is 1. The molecule has 0 radical (unpaired) electrons. The molecule has 2 amide bonds. The number of carbonyl (C=O) groups is 2. The molecule has 1 aliphatic rings. The molecule has 1 fully saturated rings. The summed E-state index contributed by atoms with van der Waals surface area (Å²) in [6.45, 7) is 3.20. The summed E-state index contributed by atoms with van der Waals surface area (Å²) in [7, 11) is 1.77. The first-order valence-corrected chi connectivity index (χ1v) is 9.56. The van der Waals surface area contributed by atoms with Crippen LogP contribution < -0.4 is 10.9 Å². The lowest BCUT2D eigenvalue weighted by molar-refractivity contribution is 0.0842. The maximum absolute atomic E-state index is 12.2. The SMILES string of the molecule is Cn1cc(Br)cc1C(=O)NNC(=O)c1ccc(CN2CCCCC2)cc1. The number of hydrogen-bond acceptors (Lipinski definition) is 3. The van der Waals surface area contributed by atoms with Gasteiger partial charge >= 0.3 is 0 Å². The van der Waals surface area contributed by atoms with Crippen LogP contribution in [0.25, 0.3) is 0 Å². The molecule has 26 heavy (non-hydrogen) atoms. The lowest BCUT2D eigenvalue weighted by Gasteiger charge is -2.26. The third-order valence-electron chi connectivity index (χ3n) is 4.56. The zero-order chi connectivity index (χ0) is 18.5. The first kappa shape index (κ1) is 18.7. The summed E-state index contributed by atoms with van der Waals surface area (Å²) in [6, 6.07) is 9.22. The summed E-state index contributed by atoms with van der Waals surface area (Å²) < 4.78 is 2.49. The van der Waals surface area contributed by atoms with E-state index in [0.29, 0.717) is 11.3 Å². The highest BCUT2D eigenvalue weighted by Gasteiger charge is 2.14. The Kier molecular flexibility index (Phi) is 6.11. The molecule has 2 heterocycles. The molecule has 0 unspecified atom stereocenters. The van der Waals surface area contributed by atoms with Gasteiger partial charge in [0.15, 0.2) is 0 Å². The number of hydrazine groups is 1. The van der Waals surface area contributed by atoms with E-state index in [1.165, 1.54) is 24.8 Å². The molecule has 0 atom stereocenters. The van der Waals surface area contributed by atoms with Crippen molar-refractivity contribution in [2.75, 3.05) is 13.1 Å². The number of amides is 2. The zero-order valence-corrected chi connectivity index (χ0v) is 16.4. The monoisotopic (exact) mass is 418 g/mol. The highest BCUT2D eigenvalue weighted by atomic mass is 79.9. The van der Waals surface area contributed by atoms with Crippen LogP contribution in [-0.2, 0) is 13.6 Å². The molecule has 0 bridgehead atoms. The van der Waals surface area contributed by atoms with Crippen LogP contribution in [0.5, 0.6) is 0 Å². The summed E-state index contributed by atoms with van der Waals surface area (Å²) in [5, 5.41) is 0. The van der Waals surface area contributed by atoms with Crippen molar-refractivity contribution in [3.63, 3.8) is 0 Å². The molecule has 0 saturated carbocycles. The van der Waals surface area contributed by atoms with Gasteiger partial charge in [0.2, 0.25) is 0 Å². The normalized spacial score (nSPS) is 14.8. The number of nitrogens with one attached hydrogen (secondary N) is 2. The van der Waals surface area contributed by atoms with E-state index in [9.17, 15) is 9.59 Å². The second kappa shape index (κ2) is 8.51. The lowest BCUT2D eigenvalue weighted by atomic mass is 10.1. The third kappa shape index (κ3) is 4.74. The van der Waals surface area contributed by atoms with Crippen molar-refractivity contribution in [3.8, 4) is 0 Å². The Hall–Kier alpha value is -2.12. The first-order valence-electron chi connectivity index (χ1n) is 8.77. The fourth-order valence-corrected chi connectivity index (χ4v) is 3.66. The van der Waals surface area contributed by atoms with E-state index in [2.05, 4.69) is 31.7 Å². The minimum atomic E-state index is -0.367. The molecule has 7 heteroatoms. The summed E-state index contributed by atoms with van der Waals surface area (Å²) in [4.78, 5) is 26.8. The van der Waals surface area contributed by atoms with Gasteiger partial charge in [-0.2, -0.15) is 0 Å². The molecule has 2 aromatic rings. The number of likely N-dealkylation sites (tertiary alicyclic amines) is 1. The molecule has 0 spiro atoms. The molecule has 138 valence electrons. The summed E-state index contributed by atoms with van der Waals surface area (Å²) in [6.07, 6.45) is 5.62. The van der Waals surface area contributed by atoms with Crippen LogP contribution in [0.4, 0.5) is 0 Å². The van der Waals surface area contributed by atoms with E-state index >= 15 is 0 Å². The third-order valence-corrected chi connectivity index (χ3v) is 5.00. The van der Waals surface area contributed by atoms with Crippen LogP contribution in [0.15, 0.2) is 41.0 Å². The maximum Gasteiger partial charge on any atom is 0.286 e. The first-order chi connectivity index (χ1) is 12.5. The number of benzene rings is 1. The van der Waals surface area contributed by atoms with Crippen LogP contribution >= 0.6 is 15.9 Å². The number of aromatic nitrogens is 1. The molecule has 1 saturated heterocycles. The fraction of sp³-hybridized carbons (Fsp3) is 0.368. The quantitative estimate of drug-likeness (QED) is 0.750. The lowest BCUT2D eigenvalue weighted by Crippen LogP contribution is -2.42. The van der Waals surface area contributed by atoms with Gasteiger partial charge < -0.3 is 4.57 Å². The van der Waals surface area contributed by atoms with E-state index in [4.69, 9.17) is 0 Å². The molecule has 6 nitrogen and oxygen atoms in total. The Morgan fingerprint density at radius 1 is 1.04 bits per heavy atom. The number of rotatable bonds is 4. The summed E-state index contributed by atoms with van der Waals surface area (Å²) in [5.74, 6) is -0.704. The minimum Gasteiger partial charge on any atom is -0.345 e. The molecule has 0 aliphatic carbocycles. The molecular weight excluding hydrogens is 396 g/mol. The van der Waals surface area contributed by atoms with Gasteiger partial charge in [0.05, 0.1) is 0 Å². The molecule has 3 rings (SSSR count). The van der Waals surface area contributed by atoms with E-state index in [0.717, 1.165) is 24.1 Å². The largest absolute Gasteiger partial charge is 0.345 e. The van der Waals surface area contributed by atoms with Gasteiger partial charge in [-0.3, -0.25) is 25.3 Å². The second-order valence-electron chi connectivity index (χ2n) is 6.60. The van der Waals surface area contributed by atoms with Gasteiger partial charge in [0, 0.05) is 29.8 Å². The van der Waals surface area contributed by atoms with Gasteiger partial charge in [0.25, 0.3) is 11.8 Å². The van der Waals surface area contributed by atoms with Crippen LogP contribution in [0.1, 0.15) is 45.7 Å². The van der Waals surface area contributed by atoms with E-state index in [-0.39, 0.29) is 11.8 Å². The van der Waals surface area contributed by atoms with Gasteiger partial charge in [-0.1, -0.05) is 18.6 Å². The van der Waals surface area contributed by atoms with Crippen molar-refractivity contribution >= 4 is 27.7 Å². The molecular formula is C19H23BrN4O2. The van der Waals surface area contributed by atoms with Crippen LogP contribution in [0, 0.1) is 0 Å². The van der Waals surface area contributed by atoms with Crippen molar-refractivity contribution in [1.29, 1.82) is 0 Å². The Bertz CT molecular complexity index is 779. The molecule has 1 aromatic carbocycles. The average molecular weight is 419 g/mol. The topological polar surface area (TPSA) is 66.4 Å². The van der Waals surface area contributed by atoms with Crippen molar-refractivity contribution in [2.45, 2.75) is 25.8 Å². The molecule has 2 N–H and O–H groups in total. The summed E-state index contributed by atoms with van der Waals surface area (Å²) >= 11 is 3.32. The van der Waals surface area contributed by atoms with Crippen LogP contribution in [0.2, 0.25) is 0 Å². The predicted molar refractivity (Wildman–Crippen MR) is 104 cm³/mol. The number of halogens is 1. The Morgan fingerprint density at radius 3 is 2.31 bits per heavy atom. The van der Waals surface area contributed by atoms with Gasteiger partial charge in [-0.15, -0.1) is 0 Å². The van der Waals surface area contributed by atoms with Gasteiger partial charge in [0.1, 0.15) is 5.69 Å². The van der Waals surface area contributed by atoms with Crippen molar-refractivity contribution < 1.29 is 9.59 Å².